The van der Waals surface area contributed by atoms with Gasteiger partial charge in [-0.3, -0.25) is 4.90 Å². The molecule has 0 radical (unpaired) electrons. The number of likely N-dealkylation sites (tertiary alicyclic amines) is 1. The van der Waals surface area contributed by atoms with Gasteiger partial charge in [-0.2, -0.15) is 23.4 Å². The van der Waals surface area contributed by atoms with Gasteiger partial charge in [0.1, 0.15) is 35.9 Å². The van der Waals surface area contributed by atoms with Crippen LogP contribution in [0.3, 0.4) is 0 Å². The highest BCUT2D eigenvalue weighted by atomic mass is 19.4. The predicted octanol–water partition coefficient (Wildman–Crippen LogP) is 5.46. The molecule has 3 aromatic rings. The van der Waals surface area contributed by atoms with Crippen LogP contribution in [-0.4, -0.2) is 72.1 Å². The van der Waals surface area contributed by atoms with Crippen LogP contribution in [0.4, 0.5) is 24.8 Å². The molecule has 0 saturated carbocycles. The number of ether oxygens (including phenoxy) is 3. The van der Waals surface area contributed by atoms with Crippen molar-refractivity contribution < 1.29 is 27.4 Å². The van der Waals surface area contributed by atoms with E-state index in [0.717, 1.165) is 24.0 Å². The Balaban J connectivity index is 1.27. The molecule has 12 heteroatoms. The van der Waals surface area contributed by atoms with E-state index in [1.165, 1.54) is 18.3 Å². The van der Waals surface area contributed by atoms with Gasteiger partial charge >= 0.3 is 6.18 Å². The highest BCUT2D eigenvalue weighted by Crippen LogP contribution is 2.35. The van der Waals surface area contributed by atoms with Gasteiger partial charge in [-0.1, -0.05) is 0 Å². The van der Waals surface area contributed by atoms with Crippen LogP contribution in [0.25, 0.3) is 11.3 Å². The van der Waals surface area contributed by atoms with Gasteiger partial charge in [0.2, 0.25) is 5.88 Å². The number of nitrogens with one attached hydrogen (secondary N) is 1. The third kappa shape index (κ3) is 7.42. The lowest BCUT2D eigenvalue weighted by Crippen LogP contribution is -2.39. The van der Waals surface area contributed by atoms with E-state index in [0.29, 0.717) is 73.7 Å². The largest absolute Gasteiger partial charge is 0.489 e. The Morgan fingerprint density at radius 1 is 1.05 bits per heavy atom. The number of benzene rings is 1. The number of hydrogen-bond donors (Lipinski definition) is 1. The Kier molecular flexibility index (Phi) is 8.85. The molecule has 2 aliphatic rings. The van der Waals surface area contributed by atoms with E-state index in [4.69, 9.17) is 14.2 Å². The standard InChI is InChI=1S/C29H31F3N6O3/c1-39-28-23(19-6-10-38(11-7-19)17-29(30,31)32)3-5-26(37-28)36-27-15-24(34-18-35-27)20-2-4-25(21(14-20)16-33)41-22-8-12-40-13-9-22/h2-5,14-15,18-19,22H,6-13,17H2,1H3,(H,34,35,36,37). The fourth-order valence-electron chi connectivity index (χ4n) is 5.22. The van der Waals surface area contributed by atoms with Crippen LogP contribution < -0.4 is 14.8 Å². The number of nitriles is 1. The Morgan fingerprint density at radius 2 is 1.83 bits per heavy atom. The molecule has 1 N–H and O–H groups in total. The molecule has 2 aromatic heterocycles. The van der Waals surface area contributed by atoms with Gasteiger partial charge in [0.05, 0.1) is 38.1 Å². The second-order valence-corrected chi connectivity index (χ2v) is 10.1. The summed E-state index contributed by atoms with van der Waals surface area (Å²) in [5, 5.41) is 12.9. The second-order valence-electron chi connectivity index (χ2n) is 10.1. The van der Waals surface area contributed by atoms with Gasteiger partial charge in [0.15, 0.2) is 0 Å². The second kappa shape index (κ2) is 12.7. The molecule has 0 amide bonds. The molecular weight excluding hydrogens is 537 g/mol. The van der Waals surface area contributed by atoms with Crippen LogP contribution >= 0.6 is 0 Å². The van der Waals surface area contributed by atoms with Crippen molar-refractivity contribution in [3.05, 3.63) is 53.9 Å². The SMILES string of the molecule is COc1nc(Nc2cc(-c3ccc(OC4CCOCC4)c(C#N)c3)ncn2)ccc1C1CCN(CC(F)(F)F)CC1. The summed E-state index contributed by atoms with van der Waals surface area (Å²) in [7, 11) is 1.53. The Labute approximate surface area is 236 Å². The monoisotopic (exact) mass is 568 g/mol. The number of halogens is 3. The van der Waals surface area contributed by atoms with Crippen LogP contribution in [0.2, 0.25) is 0 Å². The lowest BCUT2D eigenvalue weighted by atomic mass is 9.90. The average Bonchev–Trinajstić information content (AvgIpc) is 2.97. The lowest BCUT2D eigenvalue weighted by molar-refractivity contribution is -0.147. The molecule has 9 nitrogen and oxygen atoms in total. The molecular formula is C29H31F3N6O3. The summed E-state index contributed by atoms with van der Waals surface area (Å²) in [4.78, 5) is 14.7. The third-order valence-corrected chi connectivity index (χ3v) is 7.29. The minimum atomic E-state index is -4.19. The highest BCUT2D eigenvalue weighted by Gasteiger charge is 2.33. The molecule has 0 unspecified atom stereocenters. The molecule has 2 saturated heterocycles. The van der Waals surface area contributed by atoms with E-state index in [-0.39, 0.29) is 12.0 Å². The smallest absolute Gasteiger partial charge is 0.401 e. The summed E-state index contributed by atoms with van der Waals surface area (Å²) in [6, 6.07) is 13.1. The number of aromatic nitrogens is 3. The molecule has 0 atom stereocenters. The van der Waals surface area contributed by atoms with E-state index < -0.39 is 12.7 Å². The number of hydrogen-bond acceptors (Lipinski definition) is 9. The molecule has 0 aliphatic carbocycles. The van der Waals surface area contributed by atoms with E-state index >= 15 is 0 Å². The first-order valence-corrected chi connectivity index (χ1v) is 13.5. The number of anilines is 2. The van der Waals surface area contributed by atoms with Gasteiger partial charge in [0.25, 0.3) is 0 Å². The van der Waals surface area contributed by atoms with E-state index in [2.05, 4.69) is 26.3 Å². The maximum Gasteiger partial charge on any atom is 0.401 e. The topological polar surface area (TPSA) is 105 Å². The molecule has 2 fully saturated rings. The van der Waals surface area contributed by atoms with Gasteiger partial charge < -0.3 is 19.5 Å². The summed E-state index contributed by atoms with van der Waals surface area (Å²) in [6.45, 7) is 1.15. The molecule has 4 heterocycles. The molecule has 5 rings (SSSR count). The van der Waals surface area contributed by atoms with Crippen molar-refractivity contribution in [2.24, 2.45) is 0 Å². The van der Waals surface area contributed by atoms with Crippen LogP contribution in [0.15, 0.2) is 42.7 Å². The van der Waals surface area contributed by atoms with Crippen molar-refractivity contribution >= 4 is 11.6 Å². The van der Waals surface area contributed by atoms with Crippen molar-refractivity contribution in [1.82, 2.24) is 19.9 Å². The number of rotatable bonds is 8. The Bertz CT molecular complexity index is 1380. The first-order valence-electron chi connectivity index (χ1n) is 13.5. The first-order chi connectivity index (χ1) is 19.8. The first kappa shape index (κ1) is 28.6. The van der Waals surface area contributed by atoms with Crippen molar-refractivity contribution in [2.75, 3.05) is 45.3 Å². The molecule has 2 aliphatic heterocycles. The number of nitrogens with zero attached hydrogens (tertiary/aromatic N) is 5. The van der Waals surface area contributed by atoms with Crippen molar-refractivity contribution in [2.45, 2.75) is 43.9 Å². The van der Waals surface area contributed by atoms with Crippen LogP contribution in [-0.2, 0) is 4.74 Å². The van der Waals surface area contributed by atoms with Gasteiger partial charge in [-0.25, -0.2) is 9.97 Å². The van der Waals surface area contributed by atoms with Gasteiger partial charge in [-0.15, -0.1) is 0 Å². The minimum absolute atomic E-state index is 0.0228. The zero-order chi connectivity index (χ0) is 28.8. The molecule has 216 valence electrons. The summed E-state index contributed by atoms with van der Waals surface area (Å²) >= 11 is 0. The predicted molar refractivity (Wildman–Crippen MR) is 145 cm³/mol. The minimum Gasteiger partial charge on any atom is -0.489 e. The maximum absolute atomic E-state index is 12.7. The maximum atomic E-state index is 12.7. The quantitative estimate of drug-likeness (QED) is 0.379. The van der Waals surface area contributed by atoms with E-state index in [1.807, 2.05) is 12.1 Å². The third-order valence-electron chi connectivity index (χ3n) is 7.29. The number of alkyl halides is 3. The van der Waals surface area contributed by atoms with Crippen molar-refractivity contribution in [3.8, 4) is 29.0 Å². The Hall–Kier alpha value is -3.95. The average molecular weight is 569 g/mol. The van der Waals surface area contributed by atoms with Crippen LogP contribution in [0.1, 0.15) is 42.7 Å². The summed E-state index contributed by atoms with van der Waals surface area (Å²) < 4.78 is 55.2. The van der Waals surface area contributed by atoms with Crippen molar-refractivity contribution in [1.29, 1.82) is 5.26 Å². The van der Waals surface area contributed by atoms with Crippen LogP contribution in [0, 0.1) is 11.3 Å². The van der Waals surface area contributed by atoms with Gasteiger partial charge in [0, 0.05) is 30.0 Å². The number of methoxy groups -OCH3 is 1. The Morgan fingerprint density at radius 3 is 2.54 bits per heavy atom. The van der Waals surface area contributed by atoms with Crippen molar-refractivity contribution in [3.63, 3.8) is 0 Å². The number of piperidine rings is 1. The molecule has 41 heavy (non-hydrogen) atoms. The van der Waals surface area contributed by atoms with Crippen LogP contribution in [0.5, 0.6) is 11.6 Å². The molecule has 0 bridgehead atoms. The summed E-state index contributed by atoms with van der Waals surface area (Å²) in [5.74, 6) is 2.03. The van der Waals surface area contributed by atoms with E-state index in [9.17, 15) is 18.4 Å². The summed E-state index contributed by atoms with van der Waals surface area (Å²) in [5.41, 5.74) is 2.66. The highest BCUT2D eigenvalue weighted by molar-refractivity contribution is 5.67. The zero-order valence-electron chi connectivity index (χ0n) is 22.7. The van der Waals surface area contributed by atoms with Gasteiger partial charge in [-0.05, 0) is 62.2 Å². The lowest BCUT2D eigenvalue weighted by Gasteiger charge is -2.32. The van der Waals surface area contributed by atoms with E-state index in [1.54, 1.807) is 24.3 Å². The molecule has 1 aromatic carbocycles. The molecule has 0 spiro atoms. The summed E-state index contributed by atoms with van der Waals surface area (Å²) in [6.07, 6.45) is 0.0228. The number of pyridine rings is 1. The fraction of sp³-hybridized carbons (Fsp3) is 0.448. The normalized spacial score (nSPS) is 17.1. The zero-order valence-corrected chi connectivity index (χ0v) is 22.7. The fourth-order valence-corrected chi connectivity index (χ4v) is 5.22.